The van der Waals surface area contributed by atoms with E-state index in [-0.39, 0.29) is 0 Å². The van der Waals surface area contributed by atoms with E-state index in [0.717, 1.165) is 7.11 Å². The molecule has 0 fully saturated rings. The van der Waals surface area contributed by atoms with Gasteiger partial charge in [-0.1, -0.05) is 0 Å². The molecule has 0 heterocycles. The molecule has 0 saturated heterocycles. The lowest BCUT2D eigenvalue weighted by Gasteiger charge is -2.39. The smallest absolute Gasteiger partial charge is 0.459 e. The third-order valence-corrected chi connectivity index (χ3v) is 3.15. The summed E-state index contributed by atoms with van der Waals surface area (Å²) in [6.07, 6.45) is -38.6. The van der Waals surface area contributed by atoms with Crippen molar-refractivity contribution in [2.24, 2.45) is 0 Å². The van der Waals surface area contributed by atoms with Gasteiger partial charge in [0.25, 0.3) is 0 Å². The average molecular weight is 554 g/mol. The Bertz CT molecular complexity index is 713. The fourth-order valence-corrected chi connectivity index (χ4v) is 1.46. The summed E-state index contributed by atoms with van der Waals surface area (Å²) in [6.45, 7) is -2.38. The van der Waals surface area contributed by atoms with E-state index in [9.17, 15) is 79.4 Å². The van der Waals surface area contributed by atoms with E-state index >= 15 is 0 Å². The molecule has 0 radical (unpaired) electrons. The molecule has 5 nitrogen and oxygen atoms in total. The van der Waals surface area contributed by atoms with E-state index in [4.69, 9.17) is 0 Å². The van der Waals surface area contributed by atoms with Crippen LogP contribution in [0.1, 0.15) is 0 Å². The molecule has 0 spiro atoms. The Kier molecular flexibility index (Phi) is 8.81. The molecule has 22 heteroatoms. The van der Waals surface area contributed by atoms with Crippen LogP contribution in [0.2, 0.25) is 0 Å². The van der Waals surface area contributed by atoms with E-state index in [0.29, 0.717) is 0 Å². The van der Waals surface area contributed by atoms with Crippen LogP contribution in [-0.4, -0.2) is 74.7 Å². The summed E-state index contributed by atoms with van der Waals surface area (Å²) in [7, 11) is 0.764. The summed E-state index contributed by atoms with van der Waals surface area (Å²) in [5, 5.41) is 0. The predicted molar refractivity (Wildman–Crippen MR) is 65.7 cm³/mol. The molecule has 0 N–H and O–H groups in total. The number of methoxy groups -OCH3 is 1. The Morgan fingerprint density at radius 3 is 1.35 bits per heavy atom. The minimum atomic E-state index is -8.06. The minimum Gasteiger partial charge on any atom is -0.459 e. The first-order valence-corrected chi connectivity index (χ1v) is 7.42. The van der Waals surface area contributed by atoms with Crippen LogP contribution in [0.25, 0.3) is 0 Å². The lowest BCUT2D eigenvalue weighted by atomic mass is 10.2. The number of hydrogen-bond donors (Lipinski definition) is 0. The highest BCUT2D eigenvalue weighted by Gasteiger charge is 2.85. The number of halogens is 17. The quantitative estimate of drug-likeness (QED) is 0.215. The largest absolute Gasteiger partial charge is 0.462 e. The van der Waals surface area contributed by atoms with Gasteiger partial charge in [-0.15, -0.1) is 0 Å². The minimum absolute atomic E-state index is 0.764. The van der Waals surface area contributed by atoms with Crippen molar-refractivity contribution in [3.63, 3.8) is 0 Å². The Hall–Kier alpha value is -1.84. The number of carbonyl (C=O) groups is 1. The van der Waals surface area contributed by atoms with Gasteiger partial charge >= 0.3 is 54.3 Å². The van der Waals surface area contributed by atoms with Gasteiger partial charge in [0.05, 0.1) is 6.61 Å². The molecule has 0 aliphatic rings. The van der Waals surface area contributed by atoms with Crippen LogP contribution in [0.3, 0.4) is 0 Å². The van der Waals surface area contributed by atoms with Crippen LogP contribution < -0.4 is 0 Å². The van der Waals surface area contributed by atoms with E-state index in [2.05, 4.69) is 9.47 Å². The maximum Gasteiger partial charge on any atom is 0.462 e. The number of rotatable bonds is 10. The van der Waals surface area contributed by atoms with Crippen molar-refractivity contribution in [2.45, 2.75) is 48.4 Å². The average Bonchev–Trinajstić information content (AvgIpc) is 2.57. The van der Waals surface area contributed by atoms with Crippen LogP contribution >= 0.6 is 0 Å². The van der Waals surface area contributed by atoms with E-state index in [1.54, 1.807) is 4.74 Å². The molecule has 0 aliphatic heterocycles. The molecular formula is C12H7F17O5. The third-order valence-electron chi connectivity index (χ3n) is 3.15. The first kappa shape index (κ1) is 32.2. The first-order chi connectivity index (χ1) is 14.6. The van der Waals surface area contributed by atoms with E-state index < -0.39 is 67.6 Å². The fraction of sp³-hybridized carbons (Fsp3) is 0.917. The van der Waals surface area contributed by atoms with E-state index in [1.165, 1.54) is 4.74 Å². The van der Waals surface area contributed by atoms with Crippen LogP contribution in [0, 0.1) is 0 Å². The Morgan fingerprint density at radius 1 is 0.588 bits per heavy atom. The van der Waals surface area contributed by atoms with Gasteiger partial charge in [-0.25, -0.2) is 4.79 Å². The SMILES string of the molecule is COCCOC(=O)[C@](F)(OC(F)(F)[C@@](F)(OC(F)(F)C(F)(F)C(F)(F)F)C(F)(F)F)C(F)(F)F. The van der Waals surface area contributed by atoms with Crippen LogP contribution in [0.15, 0.2) is 0 Å². The molecular weight excluding hydrogens is 547 g/mol. The lowest BCUT2D eigenvalue weighted by Crippen LogP contribution is -2.68. The summed E-state index contributed by atoms with van der Waals surface area (Å²) < 4.78 is 229. The molecule has 204 valence electrons. The molecule has 0 aliphatic carbocycles. The second-order valence-corrected chi connectivity index (χ2v) is 5.62. The molecule has 0 aromatic heterocycles. The van der Waals surface area contributed by atoms with Crippen molar-refractivity contribution >= 4 is 5.97 Å². The zero-order valence-corrected chi connectivity index (χ0v) is 15.4. The summed E-state index contributed by atoms with van der Waals surface area (Å²) in [6, 6.07) is 0. The summed E-state index contributed by atoms with van der Waals surface area (Å²) in [4.78, 5) is 11.1. The monoisotopic (exact) mass is 554 g/mol. The highest BCUT2D eigenvalue weighted by atomic mass is 19.4. The normalized spacial score (nSPS) is 18.3. The number of alkyl halides is 17. The molecule has 0 aromatic rings. The number of ether oxygens (including phenoxy) is 4. The Balaban J connectivity index is 6.61. The van der Waals surface area contributed by atoms with Crippen molar-refractivity contribution < 1.29 is 98.4 Å². The summed E-state index contributed by atoms with van der Waals surface area (Å²) in [5.41, 5.74) is 0. The molecule has 34 heavy (non-hydrogen) atoms. The van der Waals surface area contributed by atoms with Crippen molar-refractivity contribution in [1.82, 2.24) is 0 Å². The summed E-state index contributed by atoms with van der Waals surface area (Å²) >= 11 is 0. The first-order valence-electron chi connectivity index (χ1n) is 7.42. The van der Waals surface area contributed by atoms with Gasteiger partial charge in [0.15, 0.2) is 0 Å². The van der Waals surface area contributed by atoms with Gasteiger partial charge in [0.2, 0.25) is 0 Å². The lowest BCUT2D eigenvalue weighted by molar-refractivity contribution is -0.548. The highest BCUT2D eigenvalue weighted by Crippen LogP contribution is 2.56. The molecule has 2 atom stereocenters. The topological polar surface area (TPSA) is 54.0 Å². The van der Waals surface area contributed by atoms with E-state index in [1.807, 2.05) is 0 Å². The van der Waals surface area contributed by atoms with Crippen molar-refractivity contribution in [2.75, 3.05) is 20.3 Å². The Morgan fingerprint density at radius 2 is 1.03 bits per heavy atom. The second kappa shape index (κ2) is 9.32. The van der Waals surface area contributed by atoms with Crippen LogP contribution in [-0.2, 0) is 23.7 Å². The van der Waals surface area contributed by atoms with Crippen molar-refractivity contribution in [3.05, 3.63) is 0 Å². The molecule has 0 saturated carbocycles. The third kappa shape index (κ3) is 5.86. The number of carbonyl (C=O) groups excluding carboxylic acids is 1. The highest BCUT2D eigenvalue weighted by molar-refractivity contribution is 5.78. The molecule has 0 rings (SSSR count). The summed E-state index contributed by atoms with van der Waals surface area (Å²) in [5.74, 6) is -26.5. The van der Waals surface area contributed by atoms with Gasteiger partial charge in [0, 0.05) is 7.11 Å². The maximum atomic E-state index is 13.9. The second-order valence-electron chi connectivity index (χ2n) is 5.62. The maximum absolute atomic E-state index is 13.9. The van der Waals surface area contributed by atoms with Gasteiger partial charge in [-0.3, -0.25) is 9.47 Å². The fourth-order valence-electron chi connectivity index (χ4n) is 1.46. The van der Waals surface area contributed by atoms with Crippen molar-refractivity contribution in [3.8, 4) is 0 Å². The van der Waals surface area contributed by atoms with Gasteiger partial charge in [0.1, 0.15) is 6.61 Å². The zero-order chi connectivity index (χ0) is 27.8. The van der Waals surface area contributed by atoms with Crippen molar-refractivity contribution in [1.29, 1.82) is 0 Å². The van der Waals surface area contributed by atoms with Crippen LogP contribution in [0.4, 0.5) is 74.6 Å². The number of hydrogen-bond acceptors (Lipinski definition) is 5. The standard InChI is InChI=1S/C12H7F17O5/c1-31-2-3-32-4(30)5(13,8(17,18)19)33-12(28,29)7(16,10(23,24)25)34-11(26,27)6(14,15)9(20,21)22/h2-3H2,1H3/t5-,7-/m0/s1. The Labute approximate surface area is 174 Å². The molecule has 0 bridgehead atoms. The zero-order valence-electron chi connectivity index (χ0n) is 15.4. The molecule has 0 aromatic carbocycles. The van der Waals surface area contributed by atoms with Crippen LogP contribution in [0.5, 0.6) is 0 Å². The van der Waals surface area contributed by atoms with Gasteiger partial charge in [-0.2, -0.15) is 74.6 Å². The molecule has 0 amide bonds. The predicted octanol–water partition coefficient (Wildman–Crippen LogP) is 5.05. The number of esters is 1. The van der Waals surface area contributed by atoms with Gasteiger partial charge in [-0.05, 0) is 0 Å². The van der Waals surface area contributed by atoms with Gasteiger partial charge < -0.3 is 9.47 Å². The molecule has 0 unspecified atom stereocenters.